The van der Waals surface area contributed by atoms with E-state index in [2.05, 4.69) is 164 Å². The first-order valence-electron chi connectivity index (χ1n) is 21.8. The molecule has 8 aromatic rings. The van der Waals surface area contributed by atoms with E-state index in [1.54, 1.807) is 11.1 Å². The predicted molar refractivity (Wildman–Crippen MR) is 239 cm³/mol. The van der Waals surface area contributed by atoms with Gasteiger partial charge in [-0.15, -0.1) is 0 Å². The summed E-state index contributed by atoms with van der Waals surface area (Å²) in [5.74, 6) is 3.36. The molecule has 1 heterocycles. The van der Waals surface area contributed by atoms with Gasteiger partial charge >= 0.3 is 0 Å². The van der Waals surface area contributed by atoms with Crippen LogP contribution < -0.4 is 4.90 Å². The van der Waals surface area contributed by atoms with E-state index in [0.29, 0.717) is 5.92 Å². The third-order valence-corrected chi connectivity index (χ3v) is 15.8. The average molecular weight is 750 g/mol. The van der Waals surface area contributed by atoms with Crippen molar-refractivity contribution in [3.05, 3.63) is 174 Å². The van der Waals surface area contributed by atoms with Crippen LogP contribution in [0.2, 0.25) is 0 Å². The summed E-state index contributed by atoms with van der Waals surface area (Å²) in [5.41, 5.74) is 19.5. The molecule has 7 aromatic carbocycles. The molecule has 5 aliphatic carbocycles. The number of furan rings is 1. The normalized spacial score (nSPS) is 24.2. The Morgan fingerprint density at radius 1 is 0.517 bits per heavy atom. The summed E-state index contributed by atoms with van der Waals surface area (Å²) < 4.78 is 6.32. The average Bonchev–Trinajstić information content (AvgIpc) is 3.85. The van der Waals surface area contributed by atoms with Crippen LogP contribution in [0.3, 0.4) is 0 Å². The van der Waals surface area contributed by atoms with Gasteiger partial charge in [-0.2, -0.15) is 0 Å². The molecule has 2 heteroatoms. The molecule has 0 aliphatic heterocycles. The van der Waals surface area contributed by atoms with Crippen LogP contribution in [0.25, 0.3) is 55.3 Å². The van der Waals surface area contributed by atoms with Crippen molar-refractivity contribution in [2.75, 3.05) is 4.90 Å². The fourth-order valence-electron chi connectivity index (χ4n) is 13.3. The number of nitrogens with zero attached hydrogens (tertiary/aromatic N) is 1. The van der Waals surface area contributed by atoms with Crippen molar-refractivity contribution in [3.8, 4) is 33.4 Å². The molecule has 5 aliphatic rings. The highest BCUT2D eigenvalue weighted by atomic mass is 16.3. The van der Waals surface area contributed by atoms with Gasteiger partial charge in [-0.25, -0.2) is 0 Å². The molecule has 58 heavy (non-hydrogen) atoms. The van der Waals surface area contributed by atoms with Gasteiger partial charge in [-0.05, 0) is 154 Å². The second-order valence-corrected chi connectivity index (χ2v) is 18.9. The van der Waals surface area contributed by atoms with Crippen molar-refractivity contribution < 1.29 is 4.42 Å². The quantitative estimate of drug-likeness (QED) is 0.178. The molecule has 2 nitrogen and oxygen atoms in total. The van der Waals surface area contributed by atoms with Gasteiger partial charge in [-0.1, -0.05) is 123 Å². The zero-order valence-electron chi connectivity index (χ0n) is 33.3. The highest BCUT2D eigenvalue weighted by Crippen LogP contribution is 2.67. The zero-order valence-corrected chi connectivity index (χ0v) is 33.3. The molecule has 0 radical (unpaired) electrons. The van der Waals surface area contributed by atoms with Gasteiger partial charge < -0.3 is 9.32 Å². The summed E-state index contributed by atoms with van der Waals surface area (Å²) in [6.45, 7) is 4.79. The van der Waals surface area contributed by atoms with Gasteiger partial charge in [0.05, 0.1) is 5.69 Å². The van der Waals surface area contributed by atoms with Crippen LogP contribution in [-0.2, 0) is 10.8 Å². The van der Waals surface area contributed by atoms with E-state index in [9.17, 15) is 0 Å². The summed E-state index contributed by atoms with van der Waals surface area (Å²) in [4.78, 5) is 2.58. The molecule has 3 bridgehead atoms. The number of para-hydroxylation sites is 1. The monoisotopic (exact) mass is 749 g/mol. The maximum atomic E-state index is 6.32. The van der Waals surface area contributed by atoms with Gasteiger partial charge in [-0.3, -0.25) is 0 Å². The Balaban J connectivity index is 0.995. The molecule has 0 N–H and O–H groups in total. The minimum atomic E-state index is -0.0962. The second-order valence-electron chi connectivity index (χ2n) is 18.9. The maximum absolute atomic E-state index is 6.32. The molecule has 1 spiro atoms. The summed E-state index contributed by atoms with van der Waals surface area (Å²) in [6, 6.07) is 57.4. The van der Waals surface area contributed by atoms with Crippen molar-refractivity contribution in [1.29, 1.82) is 0 Å². The highest BCUT2D eigenvalue weighted by molar-refractivity contribution is 6.06. The molecule has 282 valence electrons. The van der Waals surface area contributed by atoms with Gasteiger partial charge in [0, 0.05) is 38.5 Å². The Morgan fingerprint density at radius 2 is 1.24 bits per heavy atom. The summed E-state index contributed by atoms with van der Waals surface area (Å²) in [7, 11) is 0. The Bertz CT molecular complexity index is 2980. The number of anilines is 3. The molecule has 5 atom stereocenters. The SMILES string of the molecule is CC1(C)c2ccccc2-c2ccc(N(c3ccc(-c4ccc5c(c4)oc4ccccc45)cc3)c3cccc4c3-c3ccccc3C43CC4CCC5CC4CC3C5)cc21. The van der Waals surface area contributed by atoms with Crippen LogP contribution >= 0.6 is 0 Å². The number of benzene rings is 7. The smallest absolute Gasteiger partial charge is 0.136 e. The lowest BCUT2D eigenvalue weighted by Crippen LogP contribution is -2.50. The molecule has 5 unspecified atom stereocenters. The van der Waals surface area contributed by atoms with Crippen LogP contribution in [0.5, 0.6) is 0 Å². The molecule has 1 aromatic heterocycles. The third-order valence-electron chi connectivity index (χ3n) is 15.8. The maximum Gasteiger partial charge on any atom is 0.136 e. The lowest BCUT2D eigenvalue weighted by molar-refractivity contribution is -0.0103. The van der Waals surface area contributed by atoms with Gasteiger partial charge in [0.2, 0.25) is 0 Å². The fourth-order valence-corrected chi connectivity index (χ4v) is 13.3. The van der Waals surface area contributed by atoms with Gasteiger partial charge in [0.15, 0.2) is 0 Å². The van der Waals surface area contributed by atoms with E-state index >= 15 is 0 Å². The molecule has 0 amide bonds. The molecular formula is C56H47NO. The number of fused-ring (bicyclic) bond motifs is 14. The Morgan fingerprint density at radius 3 is 2.14 bits per heavy atom. The Labute approximate surface area is 341 Å². The highest BCUT2D eigenvalue weighted by Gasteiger charge is 2.58. The van der Waals surface area contributed by atoms with E-state index < -0.39 is 0 Å². The van der Waals surface area contributed by atoms with Gasteiger partial charge in [0.1, 0.15) is 11.2 Å². The second kappa shape index (κ2) is 11.9. The third kappa shape index (κ3) is 4.44. The minimum Gasteiger partial charge on any atom is -0.456 e. The Kier molecular flexibility index (Phi) is 6.77. The number of hydrogen-bond acceptors (Lipinski definition) is 2. The van der Waals surface area contributed by atoms with Crippen molar-refractivity contribution >= 4 is 39.0 Å². The van der Waals surface area contributed by atoms with Crippen LogP contribution in [0.15, 0.2) is 156 Å². The lowest BCUT2D eigenvalue weighted by Gasteiger charge is -2.57. The zero-order chi connectivity index (χ0) is 38.3. The lowest BCUT2D eigenvalue weighted by atomic mass is 9.47. The van der Waals surface area contributed by atoms with E-state index in [1.165, 1.54) is 99.9 Å². The van der Waals surface area contributed by atoms with E-state index in [4.69, 9.17) is 4.42 Å². The topological polar surface area (TPSA) is 16.4 Å². The molecule has 0 saturated heterocycles. The number of hydrogen-bond donors (Lipinski definition) is 0. The van der Waals surface area contributed by atoms with E-state index in [-0.39, 0.29) is 10.8 Å². The first-order chi connectivity index (χ1) is 28.5. The van der Waals surface area contributed by atoms with Crippen LogP contribution in [0.4, 0.5) is 17.1 Å². The Hall–Kier alpha value is -5.86. The largest absolute Gasteiger partial charge is 0.456 e. The summed E-state index contributed by atoms with van der Waals surface area (Å²) in [6.07, 6.45) is 8.41. The predicted octanol–water partition coefficient (Wildman–Crippen LogP) is 15.1. The minimum absolute atomic E-state index is 0.0919. The summed E-state index contributed by atoms with van der Waals surface area (Å²) >= 11 is 0. The van der Waals surface area contributed by atoms with Crippen LogP contribution in [0, 0.1) is 23.7 Å². The van der Waals surface area contributed by atoms with E-state index in [1.807, 2.05) is 6.07 Å². The van der Waals surface area contributed by atoms with Crippen molar-refractivity contribution in [1.82, 2.24) is 0 Å². The summed E-state index contributed by atoms with van der Waals surface area (Å²) in [5, 5.41) is 2.33. The van der Waals surface area contributed by atoms with Gasteiger partial charge in [0.25, 0.3) is 0 Å². The van der Waals surface area contributed by atoms with Crippen LogP contribution in [-0.4, -0.2) is 0 Å². The molecular weight excluding hydrogens is 703 g/mol. The van der Waals surface area contributed by atoms with Crippen molar-refractivity contribution in [2.45, 2.75) is 63.2 Å². The molecule has 13 rings (SSSR count). The van der Waals surface area contributed by atoms with E-state index in [0.717, 1.165) is 39.9 Å². The first kappa shape index (κ1) is 33.1. The molecule has 3 saturated carbocycles. The standard InChI is InChI=1S/C56H47NO/c1-55(2)47-13-6-3-10-42(47)43-27-25-41(32-50(43)55)57(40-23-20-35(21-24-40)36-22-26-45-44-11-5-8-17-52(44)58-53(45)31-36)51-16-9-15-49-54(51)46-12-4-7-14-48(46)56(49)33-37-19-18-34-28-38(37)30-39(56)29-34/h3-17,20-27,31-32,34,37-39H,18-19,28-30,33H2,1-2H3. The van der Waals surface area contributed by atoms with Crippen LogP contribution in [0.1, 0.15) is 74.6 Å². The fraction of sp³-hybridized carbons (Fsp3) is 0.250. The van der Waals surface area contributed by atoms with Crippen molar-refractivity contribution in [3.63, 3.8) is 0 Å². The van der Waals surface area contributed by atoms with Crippen molar-refractivity contribution in [2.24, 2.45) is 23.7 Å². The number of rotatable bonds is 4. The molecule has 3 fully saturated rings. The first-order valence-corrected chi connectivity index (χ1v) is 21.8.